The van der Waals surface area contributed by atoms with Crippen molar-refractivity contribution in [3.63, 3.8) is 0 Å². The minimum Gasteiger partial charge on any atom is -0.465 e. The second-order valence-electron chi connectivity index (χ2n) is 6.66. The predicted octanol–water partition coefficient (Wildman–Crippen LogP) is 2.76. The van der Waals surface area contributed by atoms with Crippen LogP contribution in [0, 0.1) is 0 Å². The molecule has 130 valence electrons. The lowest BCUT2D eigenvalue weighted by molar-refractivity contribution is -0.171. The van der Waals surface area contributed by atoms with Crippen LogP contribution in [-0.4, -0.2) is 40.4 Å². The van der Waals surface area contributed by atoms with E-state index in [9.17, 15) is 14.7 Å². The third-order valence-electron chi connectivity index (χ3n) is 3.53. The second kappa shape index (κ2) is 6.75. The summed E-state index contributed by atoms with van der Waals surface area (Å²) in [7, 11) is 1.31. The number of rotatable bonds is 5. The molecule has 1 atom stereocenters. The van der Waals surface area contributed by atoms with Crippen molar-refractivity contribution in [1.29, 1.82) is 0 Å². The first-order chi connectivity index (χ1) is 11.1. The van der Waals surface area contributed by atoms with Crippen LogP contribution in [0.5, 0.6) is 0 Å². The third-order valence-corrected chi connectivity index (χ3v) is 3.53. The van der Waals surface area contributed by atoms with Gasteiger partial charge in [-0.25, -0.2) is 4.79 Å². The Morgan fingerprint density at radius 2 is 1.96 bits per heavy atom. The Morgan fingerprint density at radius 3 is 2.50 bits per heavy atom. The molecule has 0 amide bonds. The molecule has 2 aromatic rings. The van der Waals surface area contributed by atoms with Gasteiger partial charge in [0.1, 0.15) is 0 Å². The number of fused-ring (bicyclic) bond motifs is 1. The molecule has 6 nitrogen and oxygen atoms in total. The smallest absolute Gasteiger partial charge is 0.337 e. The number of methoxy groups -OCH3 is 1. The van der Waals surface area contributed by atoms with Crippen LogP contribution < -0.4 is 0 Å². The lowest BCUT2D eigenvalue weighted by Crippen LogP contribution is -2.30. The van der Waals surface area contributed by atoms with E-state index in [2.05, 4.69) is 0 Å². The normalized spacial score (nSPS) is 13.1. The Labute approximate surface area is 141 Å². The van der Waals surface area contributed by atoms with E-state index in [1.54, 1.807) is 29.0 Å². The first-order valence-corrected chi connectivity index (χ1v) is 7.70. The van der Waals surface area contributed by atoms with Gasteiger partial charge in [0.25, 0.3) is 0 Å². The molecule has 1 aromatic carbocycles. The molecule has 0 bridgehead atoms. The molecule has 24 heavy (non-hydrogen) atoms. The van der Waals surface area contributed by atoms with Crippen LogP contribution in [0.3, 0.4) is 0 Å². The van der Waals surface area contributed by atoms with Gasteiger partial charge in [0.2, 0.25) is 0 Å². The maximum atomic E-state index is 11.9. The molecule has 2 rings (SSSR count). The van der Waals surface area contributed by atoms with Gasteiger partial charge in [-0.15, -0.1) is 0 Å². The van der Waals surface area contributed by atoms with E-state index < -0.39 is 17.9 Å². The molecular weight excluding hydrogens is 310 g/mol. The number of ether oxygens (including phenoxy) is 2. The maximum Gasteiger partial charge on any atom is 0.337 e. The van der Waals surface area contributed by atoms with Crippen LogP contribution in [-0.2, 0) is 16.0 Å². The third kappa shape index (κ3) is 4.01. The molecule has 0 aliphatic carbocycles. The molecule has 0 aliphatic rings. The number of hydrogen-bond donors (Lipinski definition) is 1. The van der Waals surface area contributed by atoms with E-state index in [0.717, 1.165) is 5.39 Å². The largest absolute Gasteiger partial charge is 0.465 e. The molecule has 1 N–H and O–H groups in total. The summed E-state index contributed by atoms with van der Waals surface area (Å²) >= 11 is 0. The minimum absolute atomic E-state index is 0.0872. The fourth-order valence-electron chi connectivity index (χ4n) is 2.58. The molecule has 0 fully saturated rings. The Bertz CT molecular complexity index is 770. The number of aromatic nitrogens is 1. The molecule has 0 aliphatic heterocycles. The summed E-state index contributed by atoms with van der Waals surface area (Å²) in [5, 5.41) is 10.9. The van der Waals surface area contributed by atoms with Gasteiger partial charge in [-0.3, -0.25) is 4.79 Å². The van der Waals surface area contributed by atoms with E-state index in [1.165, 1.54) is 14.0 Å². The highest BCUT2D eigenvalue weighted by Crippen LogP contribution is 2.25. The number of benzene rings is 1. The monoisotopic (exact) mass is 333 g/mol. The number of nitrogens with zero attached hydrogens (tertiary/aromatic N) is 1. The number of esters is 1. The van der Waals surface area contributed by atoms with Gasteiger partial charge in [0.05, 0.1) is 24.8 Å². The van der Waals surface area contributed by atoms with Gasteiger partial charge in [-0.1, -0.05) is 6.07 Å². The summed E-state index contributed by atoms with van der Waals surface area (Å²) < 4.78 is 12.0. The van der Waals surface area contributed by atoms with Crippen molar-refractivity contribution in [3.05, 3.63) is 35.5 Å². The molecule has 0 radical (unpaired) electrons. The van der Waals surface area contributed by atoms with Crippen molar-refractivity contribution >= 4 is 22.7 Å². The Balaban J connectivity index is 2.47. The van der Waals surface area contributed by atoms with Crippen molar-refractivity contribution in [2.75, 3.05) is 7.11 Å². The Kier molecular flexibility index (Phi) is 5.11. The predicted molar refractivity (Wildman–Crippen MR) is 90.1 cm³/mol. The van der Waals surface area contributed by atoms with Gasteiger partial charge < -0.3 is 19.1 Å². The zero-order chi connectivity index (χ0) is 18.1. The Hall–Kier alpha value is -2.18. The highest BCUT2D eigenvalue weighted by molar-refractivity contribution is 6.08. The molecular formula is C18H23NO5. The van der Waals surface area contributed by atoms with Crippen molar-refractivity contribution in [2.45, 2.75) is 46.1 Å². The fraction of sp³-hybridized carbons (Fsp3) is 0.444. The average molecular weight is 333 g/mol. The topological polar surface area (TPSA) is 77.8 Å². The van der Waals surface area contributed by atoms with Gasteiger partial charge in [-0.05, 0) is 39.8 Å². The van der Waals surface area contributed by atoms with Crippen LogP contribution in [0.4, 0.5) is 0 Å². The summed E-state index contributed by atoms with van der Waals surface area (Å²) in [4.78, 5) is 23.6. The van der Waals surface area contributed by atoms with Crippen LogP contribution in [0.2, 0.25) is 0 Å². The standard InChI is InChI=1S/C18H23NO5/c1-11(20)14-9-19(10-16(21)24-18(2,3)4)15-8-12(17(22)23-5)6-7-13(14)15/h6-9,16,21H,10H2,1-5H3. The first-order valence-electron chi connectivity index (χ1n) is 7.70. The molecule has 0 spiro atoms. The summed E-state index contributed by atoms with van der Waals surface area (Å²) in [6.07, 6.45) is 0.630. The van der Waals surface area contributed by atoms with Crippen molar-refractivity contribution < 1.29 is 24.2 Å². The van der Waals surface area contributed by atoms with Crippen molar-refractivity contribution in [3.8, 4) is 0 Å². The number of aliphatic hydroxyl groups is 1. The van der Waals surface area contributed by atoms with E-state index in [0.29, 0.717) is 16.6 Å². The van der Waals surface area contributed by atoms with E-state index >= 15 is 0 Å². The molecule has 0 saturated heterocycles. The van der Waals surface area contributed by atoms with E-state index in [1.807, 2.05) is 20.8 Å². The summed E-state index contributed by atoms with van der Waals surface area (Å²) in [6, 6.07) is 4.98. The summed E-state index contributed by atoms with van der Waals surface area (Å²) in [6.45, 7) is 7.17. The number of hydrogen-bond acceptors (Lipinski definition) is 5. The molecule has 1 unspecified atom stereocenters. The highest BCUT2D eigenvalue weighted by Gasteiger charge is 2.20. The van der Waals surface area contributed by atoms with Gasteiger partial charge >= 0.3 is 5.97 Å². The summed E-state index contributed by atoms with van der Waals surface area (Å²) in [5.74, 6) is -0.545. The molecule has 1 heterocycles. The second-order valence-corrected chi connectivity index (χ2v) is 6.66. The van der Waals surface area contributed by atoms with Gasteiger partial charge in [0, 0.05) is 22.7 Å². The van der Waals surface area contributed by atoms with E-state index in [4.69, 9.17) is 9.47 Å². The molecule has 6 heteroatoms. The molecule has 1 aromatic heterocycles. The SMILES string of the molecule is COC(=O)c1ccc2c(C(C)=O)cn(CC(O)OC(C)(C)C)c2c1. The lowest BCUT2D eigenvalue weighted by Gasteiger charge is -2.24. The van der Waals surface area contributed by atoms with Crippen LogP contribution >= 0.6 is 0 Å². The maximum absolute atomic E-state index is 11.9. The first kappa shape index (κ1) is 18.2. The number of carbonyl (C=O) groups is 2. The lowest BCUT2D eigenvalue weighted by atomic mass is 10.1. The van der Waals surface area contributed by atoms with Crippen molar-refractivity contribution in [2.24, 2.45) is 0 Å². The number of aliphatic hydroxyl groups excluding tert-OH is 1. The zero-order valence-corrected chi connectivity index (χ0v) is 14.6. The fourth-order valence-corrected chi connectivity index (χ4v) is 2.58. The zero-order valence-electron chi connectivity index (χ0n) is 14.6. The number of carbonyl (C=O) groups excluding carboxylic acids is 2. The number of Topliss-reactive ketones (excluding diaryl/α,β-unsaturated/α-hetero) is 1. The quantitative estimate of drug-likeness (QED) is 0.517. The average Bonchev–Trinajstić information content (AvgIpc) is 2.82. The van der Waals surface area contributed by atoms with Crippen molar-refractivity contribution in [1.82, 2.24) is 4.57 Å². The Morgan fingerprint density at radius 1 is 1.29 bits per heavy atom. The highest BCUT2D eigenvalue weighted by atomic mass is 16.6. The summed E-state index contributed by atoms with van der Waals surface area (Å²) in [5.41, 5.74) is 1.08. The molecule has 0 saturated carbocycles. The van der Waals surface area contributed by atoms with Gasteiger partial charge in [-0.2, -0.15) is 0 Å². The minimum atomic E-state index is -1.04. The van der Waals surface area contributed by atoms with Crippen LogP contribution in [0.1, 0.15) is 48.4 Å². The number of ketones is 1. The van der Waals surface area contributed by atoms with E-state index in [-0.39, 0.29) is 12.3 Å². The van der Waals surface area contributed by atoms with Crippen LogP contribution in [0.25, 0.3) is 10.9 Å². The van der Waals surface area contributed by atoms with Gasteiger partial charge in [0.15, 0.2) is 12.1 Å². The van der Waals surface area contributed by atoms with Crippen LogP contribution in [0.15, 0.2) is 24.4 Å².